The summed E-state index contributed by atoms with van der Waals surface area (Å²) in [4.78, 5) is 10.4. The van der Waals surface area contributed by atoms with Crippen molar-refractivity contribution in [2.75, 3.05) is 0 Å². The molecule has 8 aromatic rings. The van der Waals surface area contributed by atoms with E-state index in [1.54, 1.807) is 0 Å². The standard InChI is InChI=1S/C38H23N3O/c1-4-12-24(13-5-1)28-22-32-37-35-27(28)18-10-20-33(35)42-34-21-11-19-31(36(34)37)41(32)38-39-29(25-14-6-2-7-15-25)23-30(40-38)26-16-8-3-9-17-26/h1-23H. The molecule has 0 amide bonds. The van der Waals surface area contributed by atoms with Gasteiger partial charge < -0.3 is 4.74 Å². The van der Waals surface area contributed by atoms with Crippen molar-refractivity contribution in [2.24, 2.45) is 0 Å². The van der Waals surface area contributed by atoms with Gasteiger partial charge in [0.05, 0.1) is 27.8 Å². The Morgan fingerprint density at radius 2 is 1.02 bits per heavy atom. The van der Waals surface area contributed by atoms with E-state index in [9.17, 15) is 0 Å². The molecule has 0 radical (unpaired) electrons. The van der Waals surface area contributed by atoms with Crippen LogP contribution < -0.4 is 4.74 Å². The molecule has 0 N–H and O–H groups in total. The normalized spacial score (nSPS) is 12.0. The molecule has 0 atom stereocenters. The van der Waals surface area contributed by atoms with Crippen molar-refractivity contribution >= 4 is 32.6 Å². The van der Waals surface area contributed by atoms with Crippen molar-refractivity contribution in [3.05, 3.63) is 140 Å². The van der Waals surface area contributed by atoms with Gasteiger partial charge in [-0.1, -0.05) is 109 Å². The van der Waals surface area contributed by atoms with Crippen LogP contribution in [0, 0.1) is 0 Å². The zero-order valence-electron chi connectivity index (χ0n) is 22.5. The van der Waals surface area contributed by atoms with Crippen LogP contribution in [0.25, 0.3) is 72.2 Å². The molecule has 1 aliphatic heterocycles. The predicted octanol–water partition coefficient (Wildman–Crippen LogP) is 9.83. The first-order chi connectivity index (χ1) is 20.8. The second-order valence-electron chi connectivity index (χ2n) is 10.6. The van der Waals surface area contributed by atoms with E-state index in [0.717, 1.165) is 66.9 Å². The Labute approximate surface area is 242 Å². The van der Waals surface area contributed by atoms with Gasteiger partial charge >= 0.3 is 0 Å². The summed E-state index contributed by atoms with van der Waals surface area (Å²) in [5.74, 6) is 2.35. The van der Waals surface area contributed by atoms with Gasteiger partial charge in [0, 0.05) is 21.9 Å². The fourth-order valence-electron chi connectivity index (χ4n) is 6.35. The van der Waals surface area contributed by atoms with Crippen molar-refractivity contribution in [2.45, 2.75) is 0 Å². The highest BCUT2D eigenvalue weighted by Crippen LogP contribution is 2.51. The van der Waals surface area contributed by atoms with Gasteiger partial charge in [0.25, 0.3) is 0 Å². The molecular weight excluding hydrogens is 514 g/mol. The van der Waals surface area contributed by atoms with Crippen molar-refractivity contribution in [3.8, 4) is 51.1 Å². The maximum Gasteiger partial charge on any atom is 0.235 e. The van der Waals surface area contributed by atoms with E-state index in [4.69, 9.17) is 14.7 Å². The Balaban J connectivity index is 1.44. The molecule has 3 heterocycles. The molecule has 9 rings (SSSR count). The van der Waals surface area contributed by atoms with E-state index in [1.165, 1.54) is 10.8 Å². The summed E-state index contributed by atoms with van der Waals surface area (Å²) < 4.78 is 8.77. The second-order valence-corrected chi connectivity index (χ2v) is 10.6. The minimum absolute atomic E-state index is 0.630. The molecule has 1 aliphatic rings. The van der Waals surface area contributed by atoms with Crippen LogP contribution in [0.15, 0.2) is 140 Å². The number of rotatable bonds is 4. The van der Waals surface area contributed by atoms with Gasteiger partial charge in [-0.15, -0.1) is 0 Å². The zero-order chi connectivity index (χ0) is 27.6. The van der Waals surface area contributed by atoms with Gasteiger partial charge in [-0.3, -0.25) is 4.57 Å². The summed E-state index contributed by atoms with van der Waals surface area (Å²) in [7, 11) is 0. The van der Waals surface area contributed by atoms with Gasteiger partial charge in [0.15, 0.2) is 0 Å². The number of nitrogens with zero attached hydrogens (tertiary/aromatic N) is 3. The van der Waals surface area contributed by atoms with E-state index in [-0.39, 0.29) is 0 Å². The van der Waals surface area contributed by atoms with Crippen LogP contribution in [0.2, 0.25) is 0 Å². The van der Waals surface area contributed by atoms with E-state index in [1.807, 2.05) is 36.4 Å². The molecule has 0 unspecified atom stereocenters. The molecule has 196 valence electrons. The largest absolute Gasteiger partial charge is 0.456 e. The van der Waals surface area contributed by atoms with Gasteiger partial charge in [-0.2, -0.15) is 0 Å². The SMILES string of the molecule is c1ccc(-c2cc(-c3ccccc3)nc(-n3c4cccc5c4c4c6c(cccc6c(-c6ccccc6)cc43)O5)n2)cc1. The molecule has 6 aromatic carbocycles. The van der Waals surface area contributed by atoms with Crippen molar-refractivity contribution in [1.82, 2.24) is 14.5 Å². The third-order valence-corrected chi connectivity index (χ3v) is 8.20. The van der Waals surface area contributed by atoms with Gasteiger partial charge in [0.2, 0.25) is 5.95 Å². The highest BCUT2D eigenvalue weighted by atomic mass is 16.5. The summed E-state index contributed by atoms with van der Waals surface area (Å²) in [6.07, 6.45) is 0. The van der Waals surface area contributed by atoms with Crippen LogP contribution in [0.4, 0.5) is 0 Å². The molecule has 0 fully saturated rings. The minimum Gasteiger partial charge on any atom is -0.456 e. The summed E-state index contributed by atoms with van der Waals surface area (Å²) in [5.41, 5.74) is 8.23. The Kier molecular flexibility index (Phi) is 4.87. The number of aromatic nitrogens is 3. The van der Waals surface area contributed by atoms with E-state index in [2.05, 4.69) is 108 Å². The van der Waals surface area contributed by atoms with Gasteiger partial charge in [0.1, 0.15) is 11.5 Å². The number of hydrogen-bond donors (Lipinski definition) is 0. The molecule has 2 aromatic heterocycles. The van der Waals surface area contributed by atoms with Crippen molar-refractivity contribution in [1.29, 1.82) is 0 Å². The lowest BCUT2D eigenvalue weighted by Crippen LogP contribution is -2.04. The Morgan fingerprint density at radius 1 is 0.452 bits per heavy atom. The summed E-state index contributed by atoms with van der Waals surface area (Å²) in [6.45, 7) is 0. The molecule has 0 spiro atoms. The van der Waals surface area contributed by atoms with Crippen molar-refractivity contribution < 1.29 is 4.74 Å². The average Bonchev–Trinajstić information content (AvgIpc) is 3.41. The van der Waals surface area contributed by atoms with Crippen molar-refractivity contribution in [3.63, 3.8) is 0 Å². The van der Waals surface area contributed by atoms with Crippen LogP contribution in [-0.2, 0) is 0 Å². The molecule has 0 saturated heterocycles. The van der Waals surface area contributed by atoms with Gasteiger partial charge in [-0.05, 0) is 46.8 Å². The fraction of sp³-hybridized carbons (Fsp3) is 0. The molecule has 0 aliphatic carbocycles. The first-order valence-electron chi connectivity index (χ1n) is 14.1. The lowest BCUT2D eigenvalue weighted by molar-refractivity contribution is 0.493. The quantitative estimate of drug-likeness (QED) is 0.224. The number of benzene rings is 6. The maximum atomic E-state index is 6.56. The highest BCUT2D eigenvalue weighted by molar-refractivity contribution is 6.28. The highest BCUT2D eigenvalue weighted by Gasteiger charge is 2.27. The number of ether oxygens (including phenoxy) is 1. The van der Waals surface area contributed by atoms with Crippen LogP contribution in [0.1, 0.15) is 0 Å². The first-order valence-corrected chi connectivity index (χ1v) is 14.1. The summed E-state index contributed by atoms with van der Waals surface area (Å²) >= 11 is 0. The van der Waals surface area contributed by atoms with E-state index >= 15 is 0 Å². The lowest BCUT2D eigenvalue weighted by Gasteiger charge is -2.18. The molecule has 4 heteroatoms. The fourth-order valence-corrected chi connectivity index (χ4v) is 6.35. The molecule has 4 nitrogen and oxygen atoms in total. The molecule has 42 heavy (non-hydrogen) atoms. The molecular formula is C38H23N3O. The van der Waals surface area contributed by atoms with E-state index in [0.29, 0.717) is 5.95 Å². The average molecular weight is 538 g/mol. The minimum atomic E-state index is 0.630. The summed E-state index contributed by atoms with van der Waals surface area (Å²) in [6, 6.07) is 48.2. The maximum absolute atomic E-state index is 6.56. The van der Waals surface area contributed by atoms with Gasteiger partial charge in [-0.25, -0.2) is 9.97 Å². The monoisotopic (exact) mass is 537 g/mol. The number of hydrogen-bond acceptors (Lipinski definition) is 3. The topological polar surface area (TPSA) is 39.9 Å². The third-order valence-electron chi connectivity index (χ3n) is 8.20. The Morgan fingerprint density at radius 3 is 1.67 bits per heavy atom. The Bertz CT molecular complexity index is 2250. The van der Waals surface area contributed by atoms with Crippen LogP contribution >= 0.6 is 0 Å². The van der Waals surface area contributed by atoms with Crippen LogP contribution in [-0.4, -0.2) is 14.5 Å². The Hall–Kier alpha value is -5.74. The predicted molar refractivity (Wildman–Crippen MR) is 170 cm³/mol. The molecule has 0 saturated carbocycles. The van der Waals surface area contributed by atoms with Crippen LogP contribution in [0.5, 0.6) is 11.5 Å². The second kappa shape index (κ2) is 8.88. The third kappa shape index (κ3) is 3.36. The molecule has 0 bridgehead atoms. The summed E-state index contributed by atoms with van der Waals surface area (Å²) in [5, 5.41) is 4.56. The first kappa shape index (κ1) is 23.0. The van der Waals surface area contributed by atoms with Crippen LogP contribution in [0.3, 0.4) is 0 Å². The smallest absolute Gasteiger partial charge is 0.235 e. The lowest BCUT2D eigenvalue weighted by atomic mass is 9.93. The van der Waals surface area contributed by atoms with E-state index < -0.39 is 0 Å². The zero-order valence-corrected chi connectivity index (χ0v) is 22.5.